The molecule has 0 saturated carbocycles. The molecule has 2 rings (SSSR count). The van der Waals surface area contributed by atoms with Crippen LogP contribution in [0.15, 0.2) is 41.3 Å². The van der Waals surface area contributed by atoms with E-state index in [-0.39, 0.29) is 33.8 Å². The summed E-state index contributed by atoms with van der Waals surface area (Å²) in [6, 6.07) is 9.01. The standard InChI is InChI=1S/C19H19Cl2N3O4S/c1-11(2)23(9-12-3-5-14(20)15(21)7-12)18(25)10-29-17-6-4-13(19(22)26)8-16(17)24(27)28/h3-8,11H,9-10H2,1-2H3,(H2,22,26). The normalized spacial score (nSPS) is 10.8. The van der Waals surface area contributed by atoms with Gasteiger partial charge in [-0.05, 0) is 43.7 Å². The van der Waals surface area contributed by atoms with Crippen LogP contribution in [0, 0.1) is 10.1 Å². The minimum atomic E-state index is -0.756. The number of hydrogen-bond donors (Lipinski definition) is 1. The van der Waals surface area contributed by atoms with Crippen LogP contribution in [0.4, 0.5) is 5.69 Å². The minimum absolute atomic E-state index is 0.00371. The first kappa shape index (κ1) is 23.0. The van der Waals surface area contributed by atoms with E-state index in [1.165, 1.54) is 12.1 Å². The van der Waals surface area contributed by atoms with Crippen LogP contribution in [0.3, 0.4) is 0 Å². The fourth-order valence-corrected chi connectivity index (χ4v) is 3.76. The highest BCUT2D eigenvalue weighted by molar-refractivity contribution is 8.00. The van der Waals surface area contributed by atoms with Gasteiger partial charge in [0.2, 0.25) is 11.8 Å². The molecule has 0 aliphatic carbocycles. The van der Waals surface area contributed by atoms with Crippen LogP contribution >= 0.6 is 35.0 Å². The van der Waals surface area contributed by atoms with Crippen LogP contribution in [-0.4, -0.2) is 33.4 Å². The third-order valence-electron chi connectivity index (χ3n) is 4.07. The second-order valence-electron chi connectivity index (χ2n) is 6.46. The lowest BCUT2D eigenvalue weighted by atomic mass is 10.2. The lowest BCUT2D eigenvalue weighted by Gasteiger charge is -2.27. The van der Waals surface area contributed by atoms with E-state index in [1.807, 2.05) is 13.8 Å². The highest BCUT2D eigenvalue weighted by atomic mass is 35.5. The number of amides is 2. The van der Waals surface area contributed by atoms with Gasteiger partial charge in [-0.1, -0.05) is 29.3 Å². The largest absolute Gasteiger partial charge is 0.366 e. The third-order valence-corrected chi connectivity index (χ3v) is 5.86. The first-order valence-electron chi connectivity index (χ1n) is 8.54. The molecule has 10 heteroatoms. The summed E-state index contributed by atoms with van der Waals surface area (Å²) in [6.45, 7) is 4.09. The molecule has 2 amide bonds. The Balaban J connectivity index is 2.15. The molecule has 0 heterocycles. The van der Waals surface area contributed by atoms with Gasteiger partial charge < -0.3 is 10.6 Å². The van der Waals surface area contributed by atoms with Crippen molar-refractivity contribution >= 4 is 52.5 Å². The molecule has 0 fully saturated rings. The van der Waals surface area contributed by atoms with Gasteiger partial charge in [0.25, 0.3) is 5.69 Å². The van der Waals surface area contributed by atoms with Crippen molar-refractivity contribution in [2.45, 2.75) is 31.3 Å². The Kier molecular flexibility index (Phi) is 7.89. The average Bonchev–Trinajstić information content (AvgIpc) is 2.66. The lowest BCUT2D eigenvalue weighted by Crippen LogP contribution is -2.37. The topological polar surface area (TPSA) is 107 Å². The fourth-order valence-electron chi connectivity index (χ4n) is 2.55. The number of thioether (sulfide) groups is 1. The molecule has 7 nitrogen and oxygen atoms in total. The summed E-state index contributed by atoms with van der Waals surface area (Å²) in [5.74, 6) is -0.950. The number of nitrogens with two attached hydrogens (primary N) is 1. The van der Waals surface area contributed by atoms with Crippen LogP contribution in [0.5, 0.6) is 0 Å². The highest BCUT2D eigenvalue weighted by Gasteiger charge is 2.21. The SMILES string of the molecule is CC(C)N(Cc1ccc(Cl)c(Cl)c1)C(=O)CSc1ccc(C(N)=O)cc1[N+](=O)[O-]. The first-order chi connectivity index (χ1) is 13.6. The molecule has 0 spiro atoms. The Morgan fingerprint density at radius 1 is 1.17 bits per heavy atom. The van der Waals surface area contributed by atoms with E-state index < -0.39 is 10.8 Å². The number of nitrogens with zero attached hydrogens (tertiary/aromatic N) is 2. The molecule has 154 valence electrons. The van der Waals surface area contributed by atoms with Gasteiger partial charge in [-0.25, -0.2) is 0 Å². The summed E-state index contributed by atoms with van der Waals surface area (Å²) in [5, 5.41) is 12.1. The summed E-state index contributed by atoms with van der Waals surface area (Å²) < 4.78 is 0. The number of hydrogen-bond acceptors (Lipinski definition) is 5. The van der Waals surface area contributed by atoms with Crippen molar-refractivity contribution in [3.05, 3.63) is 67.7 Å². The predicted octanol–water partition coefficient (Wildman–Crippen LogP) is 4.53. The van der Waals surface area contributed by atoms with E-state index in [4.69, 9.17) is 28.9 Å². The third kappa shape index (κ3) is 6.09. The fraction of sp³-hybridized carbons (Fsp3) is 0.263. The number of nitro benzene ring substituents is 1. The van der Waals surface area contributed by atoms with E-state index in [0.717, 1.165) is 23.4 Å². The molecule has 0 aliphatic rings. The van der Waals surface area contributed by atoms with Crippen molar-refractivity contribution in [1.82, 2.24) is 4.90 Å². The number of carbonyl (C=O) groups is 2. The van der Waals surface area contributed by atoms with E-state index in [0.29, 0.717) is 16.6 Å². The van der Waals surface area contributed by atoms with Crippen LogP contribution < -0.4 is 5.73 Å². The molecule has 0 bridgehead atoms. The molecule has 2 aromatic carbocycles. The van der Waals surface area contributed by atoms with Gasteiger partial charge in [-0.15, -0.1) is 11.8 Å². The van der Waals surface area contributed by atoms with Crippen molar-refractivity contribution in [3.8, 4) is 0 Å². The summed E-state index contributed by atoms with van der Waals surface area (Å²) in [6.07, 6.45) is 0. The molecule has 0 aliphatic heterocycles. The minimum Gasteiger partial charge on any atom is -0.366 e. The van der Waals surface area contributed by atoms with Crippen molar-refractivity contribution in [3.63, 3.8) is 0 Å². The molecule has 0 radical (unpaired) electrons. The predicted molar refractivity (Wildman–Crippen MR) is 114 cm³/mol. The van der Waals surface area contributed by atoms with Crippen molar-refractivity contribution in [2.75, 3.05) is 5.75 Å². The van der Waals surface area contributed by atoms with Crippen molar-refractivity contribution in [2.24, 2.45) is 5.73 Å². The summed E-state index contributed by atoms with van der Waals surface area (Å²) in [4.78, 5) is 36.7. The Labute approximate surface area is 182 Å². The van der Waals surface area contributed by atoms with Gasteiger partial charge in [0, 0.05) is 24.2 Å². The lowest BCUT2D eigenvalue weighted by molar-refractivity contribution is -0.387. The van der Waals surface area contributed by atoms with E-state index in [1.54, 1.807) is 23.1 Å². The second-order valence-corrected chi connectivity index (χ2v) is 8.29. The molecule has 29 heavy (non-hydrogen) atoms. The van der Waals surface area contributed by atoms with Gasteiger partial charge in [0.15, 0.2) is 0 Å². The van der Waals surface area contributed by atoms with Gasteiger partial charge in [0.1, 0.15) is 0 Å². The second kappa shape index (κ2) is 9.96. The quantitative estimate of drug-likeness (QED) is 0.357. The number of halogens is 2. The first-order valence-corrected chi connectivity index (χ1v) is 10.3. The Bertz CT molecular complexity index is 953. The van der Waals surface area contributed by atoms with E-state index in [2.05, 4.69) is 0 Å². The highest BCUT2D eigenvalue weighted by Crippen LogP contribution is 2.31. The maximum atomic E-state index is 12.8. The number of carbonyl (C=O) groups excluding carboxylic acids is 2. The van der Waals surface area contributed by atoms with Gasteiger partial charge in [-0.2, -0.15) is 0 Å². The van der Waals surface area contributed by atoms with Crippen LogP contribution in [0.1, 0.15) is 29.8 Å². The van der Waals surface area contributed by atoms with Crippen LogP contribution in [0.25, 0.3) is 0 Å². The van der Waals surface area contributed by atoms with Crippen LogP contribution in [0.2, 0.25) is 10.0 Å². The molecule has 0 unspecified atom stereocenters. The Morgan fingerprint density at radius 2 is 1.86 bits per heavy atom. The number of nitro groups is 1. The maximum absolute atomic E-state index is 12.8. The summed E-state index contributed by atoms with van der Waals surface area (Å²) >= 11 is 13.0. The van der Waals surface area contributed by atoms with E-state index >= 15 is 0 Å². The zero-order valence-electron chi connectivity index (χ0n) is 15.7. The van der Waals surface area contributed by atoms with Gasteiger partial charge >= 0.3 is 0 Å². The zero-order chi connectivity index (χ0) is 21.7. The Morgan fingerprint density at radius 3 is 2.41 bits per heavy atom. The average molecular weight is 456 g/mol. The molecule has 2 aromatic rings. The van der Waals surface area contributed by atoms with E-state index in [9.17, 15) is 19.7 Å². The monoisotopic (exact) mass is 455 g/mol. The molecular weight excluding hydrogens is 437 g/mol. The van der Waals surface area contributed by atoms with Crippen LogP contribution in [-0.2, 0) is 11.3 Å². The maximum Gasteiger partial charge on any atom is 0.283 e. The number of benzene rings is 2. The molecular formula is C19H19Cl2N3O4S. The smallest absolute Gasteiger partial charge is 0.283 e. The number of rotatable bonds is 8. The molecule has 2 N–H and O–H groups in total. The summed E-state index contributed by atoms with van der Waals surface area (Å²) in [7, 11) is 0. The molecule has 0 aromatic heterocycles. The zero-order valence-corrected chi connectivity index (χ0v) is 18.1. The van der Waals surface area contributed by atoms with Crippen molar-refractivity contribution in [1.29, 1.82) is 0 Å². The summed E-state index contributed by atoms with van der Waals surface area (Å²) in [5.41, 5.74) is 5.77. The van der Waals surface area contributed by atoms with Gasteiger partial charge in [0.05, 0.1) is 25.6 Å². The Hall–Kier alpha value is -2.29. The van der Waals surface area contributed by atoms with Crippen molar-refractivity contribution < 1.29 is 14.5 Å². The molecule has 0 saturated heterocycles. The molecule has 0 atom stereocenters. The van der Waals surface area contributed by atoms with Gasteiger partial charge in [-0.3, -0.25) is 19.7 Å². The number of primary amides is 1.